The SMILES string of the molecule is CCCCCC(NC(C)=O)C(=O)OC(C)C(=O)C(C)C. The van der Waals surface area contributed by atoms with Gasteiger partial charge in [0.2, 0.25) is 5.91 Å². The summed E-state index contributed by atoms with van der Waals surface area (Å²) >= 11 is 0. The number of carbonyl (C=O) groups is 3. The highest BCUT2D eigenvalue weighted by molar-refractivity contribution is 5.88. The van der Waals surface area contributed by atoms with Gasteiger partial charge in [0.1, 0.15) is 6.04 Å². The van der Waals surface area contributed by atoms with Gasteiger partial charge in [0.05, 0.1) is 0 Å². The van der Waals surface area contributed by atoms with E-state index in [0.717, 1.165) is 19.3 Å². The maximum Gasteiger partial charge on any atom is 0.329 e. The highest BCUT2D eigenvalue weighted by atomic mass is 16.5. The second-order valence-corrected chi connectivity index (χ2v) is 5.39. The Balaban J connectivity index is 4.52. The van der Waals surface area contributed by atoms with Crippen molar-refractivity contribution in [2.24, 2.45) is 5.92 Å². The quantitative estimate of drug-likeness (QED) is 0.521. The summed E-state index contributed by atoms with van der Waals surface area (Å²) < 4.78 is 5.16. The van der Waals surface area contributed by atoms with E-state index in [2.05, 4.69) is 12.2 Å². The topological polar surface area (TPSA) is 72.5 Å². The molecule has 0 aliphatic carbocycles. The van der Waals surface area contributed by atoms with Crippen LogP contribution in [0.1, 0.15) is 60.3 Å². The first kappa shape index (κ1) is 18.6. The summed E-state index contributed by atoms with van der Waals surface area (Å²) in [5.74, 6) is -1.10. The maximum absolute atomic E-state index is 12.0. The Morgan fingerprint density at radius 1 is 1.10 bits per heavy atom. The van der Waals surface area contributed by atoms with E-state index in [1.54, 1.807) is 20.8 Å². The van der Waals surface area contributed by atoms with Crippen LogP contribution in [0.5, 0.6) is 0 Å². The van der Waals surface area contributed by atoms with Crippen LogP contribution in [0.2, 0.25) is 0 Å². The lowest BCUT2D eigenvalue weighted by atomic mass is 10.0. The van der Waals surface area contributed by atoms with E-state index in [0.29, 0.717) is 6.42 Å². The molecule has 116 valence electrons. The van der Waals surface area contributed by atoms with Crippen molar-refractivity contribution in [1.82, 2.24) is 5.32 Å². The number of nitrogens with one attached hydrogen (secondary N) is 1. The van der Waals surface area contributed by atoms with Gasteiger partial charge in [-0.15, -0.1) is 0 Å². The molecule has 0 bridgehead atoms. The summed E-state index contributed by atoms with van der Waals surface area (Å²) in [4.78, 5) is 34.9. The molecular formula is C15H27NO4. The minimum Gasteiger partial charge on any atom is -0.453 e. The molecule has 0 aliphatic heterocycles. The number of rotatable bonds is 9. The fourth-order valence-corrected chi connectivity index (χ4v) is 1.88. The lowest BCUT2D eigenvalue weighted by Crippen LogP contribution is -2.43. The van der Waals surface area contributed by atoms with Gasteiger partial charge in [0.15, 0.2) is 11.9 Å². The minimum atomic E-state index is -0.773. The molecule has 0 rings (SSSR count). The number of hydrogen-bond acceptors (Lipinski definition) is 4. The van der Waals surface area contributed by atoms with Gasteiger partial charge < -0.3 is 10.1 Å². The fourth-order valence-electron chi connectivity index (χ4n) is 1.88. The standard InChI is InChI=1S/C15H27NO4/c1-6-7-8-9-13(16-12(5)17)15(19)20-11(4)14(18)10(2)3/h10-11,13H,6-9H2,1-5H3,(H,16,17). The predicted octanol–water partition coefficient (Wildman–Crippen LogP) is 2.23. The predicted molar refractivity (Wildman–Crippen MR) is 77.1 cm³/mol. The Morgan fingerprint density at radius 2 is 1.70 bits per heavy atom. The highest BCUT2D eigenvalue weighted by Crippen LogP contribution is 2.09. The normalized spacial score (nSPS) is 13.7. The number of Topliss-reactive ketones (excluding diaryl/α,β-unsaturated/α-hetero) is 1. The zero-order chi connectivity index (χ0) is 15.7. The number of amides is 1. The van der Waals surface area contributed by atoms with Crippen LogP contribution in [0.25, 0.3) is 0 Å². The number of esters is 1. The van der Waals surface area contributed by atoms with E-state index in [4.69, 9.17) is 4.74 Å². The van der Waals surface area contributed by atoms with E-state index in [-0.39, 0.29) is 17.6 Å². The van der Waals surface area contributed by atoms with Gasteiger partial charge in [-0.1, -0.05) is 40.0 Å². The van der Waals surface area contributed by atoms with E-state index in [9.17, 15) is 14.4 Å². The molecule has 0 aromatic heterocycles. The molecule has 5 nitrogen and oxygen atoms in total. The van der Waals surface area contributed by atoms with Crippen LogP contribution >= 0.6 is 0 Å². The lowest BCUT2D eigenvalue weighted by Gasteiger charge is -2.20. The first-order valence-corrected chi connectivity index (χ1v) is 7.30. The third kappa shape index (κ3) is 7.26. The minimum absolute atomic E-state index is 0.117. The van der Waals surface area contributed by atoms with Crippen molar-refractivity contribution in [2.75, 3.05) is 0 Å². The van der Waals surface area contributed by atoms with Crippen molar-refractivity contribution in [1.29, 1.82) is 0 Å². The van der Waals surface area contributed by atoms with Gasteiger partial charge in [-0.3, -0.25) is 9.59 Å². The molecule has 1 amide bonds. The number of hydrogen-bond donors (Lipinski definition) is 1. The monoisotopic (exact) mass is 285 g/mol. The molecule has 2 unspecified atom stereocenters. The molecule has 20 heavy (non-hydrogen) atoms. The number of unbranched alkanes of at least 4 members (excludes halogenated alkanes) is 2. The van der Waals surface area contributed by atoms with Crippen molar-refractivity contribution >= 4 is 17.7 Å². The first-order valence-electron chi connectivity index (χ1n) is 7.30. The molecule has 0 saturated heterocycles. The van der Waals surface area contributed by atoms with Gasteiger partial charge in [-0.25, -0.2) is 4.79 Å². The van der Waals surface area contributed by atoms with Crippen molar-refractivity contribution in [3.8, 4) is 0 Å². The van der Waals surface area contributed by atoms with E-state index in [1.807, 2.05) is 0 Å². The summed E-state index contributed by atoms with van der Waals surface area (Å²) in [6.07, 6.45) is 2.62. The molecule has 0 aliphatic rings. The third-order valence-corrected chi connectivity index (χ3v) is 3.02. The lowest BCUT2D eigenvalue weighted by molar-refractivity contribution is -0.158. The van der Waals surface area contributed by atoms with Gasteiger partial charge in [-0.05, 0) is 13.3 Å². The van der Waals surface area contributed by atoms with Gasteiger partial charge >= 0.3 is 5.97 Å². The van der Waals surface area contributed by atoms with Crippen molar-refractivity contribution in [3.63, 3.8) is 0 Å². The summed E-state index contributed by atoms with van der Waals surface area (Å²) in [5, 5.41) is 2.59. The van der Waals surface area contributed by atoms with Crippen LogP contribution < -0.4 is 5.32 Å². The molecule has 0 spiro atoms. The van der Waals surface area contributed by atoms with Crippen LogP contribution in [0, 0.1) is 5.92 Å². The molecule has 0 fully saturated rings. The summed E-state index contributed by atoms with van der Waals surface area (Å²) in [7, 11) is 0. The average molecular weight is 285 g/mol. The summed E-state index contributed by atoms with van der Waals surface area (Å²) in [5.41, 5.74) is 0. The first-order chi connectivity index (χ1) is 9.29. The van der Waals surface area contributed by atoms with Crippen LogP contribution in [-0.2, 0) is 19.1 Å². The van der Waals surface area contributed by atoms with Crippen LogP contribution in [0.3, 0.4) is 0 Å². The van der Waals surface area contributed by atoms with Crippen LogP contribution in [0.4, 0.5) is 0 Å². The number of carbonyl (C=O) groups excluding carboxylic acids is 3. The van der Waals surface area contributed by atoms with Crippen LogP contribution in [0.15, 0.2) is 0 Å². The van der Waals surface area contributed by atoms with Gasteiger partial charge in [-0.2, -0.15) is 0 Å². The zero-order valence-corrected chi connectivity index (χ0v) is 13.2. The Bertz CT molecular complexity index is 339. The molecule has 2 atom stereocenters. The molecule has 0 radical (unpaired) electrons. The molecule has 0 aromatic rings. The van der Waals surface area contributed by atoms with Gasteiger partial charge in [0, 0.05) is 12.8 Å². The Morgan fingerprint density at radius 3 is 2.15 bits per heavy atom. The van der Waals surface area contributed by atoms with E-state index >= 15 is 0 Å². The average Bonchev–Trinajstić information content (AvgIpc) is 2.36. The fraction of sp³-hybridized carbons (Fsp3) is 0.800. The molecule has 0 heterocycles. The van der Waals surface area contributed by atoms with E-state index < -0.39 is 18.1 Å². The van der Waals surface area contributed by atoms with Crippen molar-refractivity contribution in [3.05, 3.63) is 0 Å². The zero-order valence-electron chi connectivity index (χ0n) is 13.2. The largest absolute Gasteiger partial charge is 0.453 e. The summed E-state index contributed by atoms with van der Waals surface area (Å²) in [6, 6.07) is -0.665. The molecule has 0 saturated carbocycles. The second-order valence-electron chi connectivity index (χ2n) is 5.39. The smallest absolute Gasteiger partial charge is 0.329 e. The van der Waals surface area contributed by atoms with Crippen molar-refractivity contribution < 1.29 is 19.1 Å². The Kier molecular flexibility index (Phi) is 8.84. The highest BCUT2D eigenvalue weighted by Gasteiger charge is 2.26. The maximum atomic E-state index is 12.0. The number of ketones is 1. The van der Waals surface area contributed by atoms with Crippen LogP contribution in [-0.4, -0.2) is 29.8 Å². The second kappa shape index (κ2) is 9.50. The Labute approximate surface area is 121 Å². The Hall–Kier alpha value is -1.39. The molecule has 0 aromatic carbocycles. The van der Waals surface area contributed by atoms with E-state index in [1.165, 1.54) is 6.92 Å². The summed E-state index contributed by atoms with van der Waals surface area (Å²) in [6.45, 7) is 8.52. The molecule has 5 heteroatoms. The van der Waals surface area contributed by atoms with Gasteiger partial charge in [0.25, 0.3) is 0 Å². The van der Waals surface area contributed by atoms with Crippen molar-refractivity contribution in [2.45, 2.75) is 72.4 Å². The molecular weight excluding hydrogens is 258 g/mol. The number of ether oxygens (including phenoxy) is 1. The third-order valence-electron chi connectivity index (χ3n) is 3.02. The molecule has 1 N–H and O–H groups in total.